The molecule has 0 saturated carbocycles. The molecule has 0 radical (unpaired) electrons. The van der Waals surface area contributed by atoms with E-state index in [9.17, 15) is 0 Å². The quantitative estimate of drug-likeness (QED) is 0.415. The molecule has 1 heterocycles. The van der Waals surface area contributed by atoms with Gasteiger partial charge < -0.3 is 10.6 Å². The Morgan fingerprint density at radius 2 is 2.29 bits per heavy atom. The Morgan fingerprint density at radius 3 is 2.95 bits per heavy atom. The number of aliphatic imine (C=N–C) groups is 1. The fourth-order valence-corrected chi connectivity index (χ4v) is 3.58. The first-order valence-corrected chi connectivity index (χ1v) is 8.59. The Labute approximate surface area is 153 Å². The third kappa shape index (κ3) is 7.10. The molecule has 1 fully saturated rings. The Balaban J connectivity index is 0.00000220. The maximum Gasteiger partial charge on any atom is 0.191 e. The van der Waals surface area contributed by atoms with Gasteiger partial charge in [0, 0.05) is 23.4 Å². The standard InChI is InChI=1S/C15H22ClN3S.HI/c1-2-17-15(19-11-14-7-4-8-20-14)18-10-12-5-3-6-13(16)9-12;/h3,5-6,9,14H,2,4,7-8,10-11H2,1H3,(H2,17,18,19);1H. The van der Waals surface area contributed by atoms with Gasteiger partial charge in [0.25, 0.3) is 0 Å². The van der Waals surface area contributed by atoms with Crippen LogP contribution in [0.4, 0.5) is 0 Å². The van der Waals surface area contributed by atoms with E-state index >= 15 is 0 Å². The minimum absolute atomic E-state index is 0. The van der Waals surface area contributed by atoms with Gasteiger partial charge in [0.2, 0.25) is 0 Å². The van der Waals surface area contributed by atoms with Crippen molar-refractivity contribution in [2.75, 3.05) is 18.8 Å². The van der Waals surface area contributed by atoms with Gasteiger partial charge >= 0.3 is 0 Å². The van der Waals surface area contributed by atoms with Crippen LogP contribution in [0.3, 0.4) is 0 Å². The summed E-state index contributed by atoms with van der Waals surface area (Å²) in [5.41, 5.74) is 1.13. The third-order valence-corrected chi connectivity index (χ3v) is 4.81. The second kappa shape index (κ2) is 10.6. The summed E-state index contributed by atoms with van der Waals surface area (Å²) in [4.78, 5) is 4.61. The first-order chi connectivity index (χ1) is 9.78. The van der Waals surface area contributed by atoms with Crippen molar-refractivity contribution >= 4 is 53.3 Å². The molecule has 1 aromatic rings. The molecule has 3 nitrogen and oxygen atoms in total. The van der Waals surface area contributed by atoms with Crippen molar-refractivity contribution in [2.45, 2.75) is 31.6 Å². The molecule has 1 atom stereocenters. The van der Waals surface area contributed by atoms with Gasteiger partial charge in [-0.1, -0.05) is 23.7 Å². The Kier molecular flexibility index (Phi) is 9.51. The molecular weight excluding hydrogens is 417 g/mol. The summed E-state index contributed by atoms with van der Waals surface area (Å²) >= 11 is 8.04. The van der Waals surface area contributed by atoms with Crippen molar-refractivity contribution < 1.29 is 0 Å². The number of rotatable bonds is 5. The Hall–Kier alpha value is -0.140. The highest BCUT2D eigenvalue weighted by Crippen LogP contribution is 2.25. The molecule has 1 aromatic carbocycles. The monoisotopic (exact) mass is 439 g/mol. The summed E-state index contributed by atoms with van der Waals surface area (Å²) < 4.78 is 0. The molecule has 1 unspecified atom stereocenters. The van der Waals surface area contributed by atoms with Gasteiger partial charge in [-0.2, -0.15) is 11.8 Å². The number of guanidine groups is 1. The van der Waals surface area contributed by atoms with Gasteiger partial charge in [-0.05, 0) is 43.2 Å². The summed E-state index contributed by atoms with van der Waals surface area (Å²) in [5.74, 6) is 2.18. The Bertz CT molecular complexity index is 450. The van der Waals surface area contributed by atoms with Crippen LogP contribution in [-0.2, 0) is 6.54 Å². The molecule has 0 aromatic heterocycles. The van der Waals surface area contributed by atoms with Crippen LogP contribution in [0.2, 0.25) is 5.02 Å². The topological polar surface area (TPSA) is 36.4 Å². The molecule has 1 aliphatic rings. The first-order valence-electron chi connectivity index (χ1n) is 7.16. The number of nitrogens with zero attached hydrogens (tertiary/aromatic N) is 1. The van der Waals surface area contributed by atoms with Crippen LogP contribution in [0.15, 0.2) is 29.3 Å². The van der Waals surface area contributed by atoms with Gasteiger partial charge in [0.15, 0.2) is 5.96 Å². The maximum atomic E-state index is 5.99. The predicted molar refractivity (Wildman–Crippen MR) is 105 cm³/mol. The van der Waals surface area contributed by atoms with E-state index in [2.05, 4.69) is 34.3 Å². The molecule has 0 aliphatic carbocycles. The third-order valence-electron chi connectivity index (χ3n) is 3.17. The predicted octanol–water partition coefficient (Wildman–Crippen LogP) is 3.91. The molecule has 1 aliphatic heterocycles. The van der Waals surface area contributed by atoms with Gasteiger partial charge in [-0.25, -0.2) is 4.99 Å². The SMILES string of the molecule is CCNC(=NCc1cccc(Cl)c1)NCC1CCCS1.I. The number of nitrogens with one attached hydrogen (secondary N) is 2. The second-order valence-corrected chi connectivity index (χ2v) is 6.69. The van der Waals surface area contributed by atoms with E-state index in [-0.39, 0.29) is 24.0 Å². The number of hydrogen-bond donors (Lipinski definition) is 2. The molecule has 0 bridgehead atoms. The smallest absolute Gasteiger partial charge is 0.191 e. The van der Waals surface area contributed by atoms with E-state index in [1.165, 1.54) is 18.6 Å². The normalized spacial score (nSPS) is 18.2. The van der Waals surface area contributed by atoms with Crippen molar-refractivity contribution in [3.63, 3.8) is 0 Å². The molecule has 1 saturated heterocycles. The molecule has 118 valence electrons. The van der Waals surface area contributed by atoms with Crippen molar-refractivity contribution in [3.8, 4) is 0 Å². The van der Waals surface area contributed by atoms with Gasteiger partial charge in [-0.15, -0.1) is 24.0 Å². The van der Waals surface area contributed by atoms with Gasteiger partial charge in [0.05, 0.1) is 6.54 Å². The summed E-state index contributed by atoms with van der Waals surface area (Å²) in [6.45, 7) is 4.60. The number of halogens is 2. The van der Waals surface area contributed by atoms with E-state index in [1.807, 2.05) is 24.3 Å². The first kappa shape index (κ1) is 18.9. The van der Waals surface area contributed by atoms with Crippen molar-refractivity contribution in [1.82, 2.24) is 10.6 Å². The summed E-state index contributed by atoms with van der Waals surface area (Å²) in [7, 11) is 0. The summed E-state index contributed by atoms with van der Waals surface area (Å²) in [6.07, 6.45) is 2.65. The van der Waals surface area contributed by atoms with Crippen molar-refractivity contribution in [1.29, 1.82) is 0 Å². The zero-order valence-electron chi connectivity index (χ0n) is 12.3. The molecule has 0 spiro atoms. The van der Waals surface area contributed by atoms with E-state index in [0.717, 1.165) is 34.9 Å². The highest BCUT2D eigenvalue weighted by atomic mass is 127. The van der Waals surface area contributed by atoms with Crippen LogP contribution >= 0.6 is 47.3 Å². The lowest BCUT2D eigenvalue weighted by atomic mass is 10.2. The fraction of sp³-hybridized carbons (Fsp3) is 0.533. The van der Waals surface area contributed by atoms with Crippen LogP contribution < -0.4 is 10.6 Å². The zero-order valence-corrected chi connectivity index (χ0v) is 16.2. The van der Waals surface area contributed by atoms with Gasteiger partial charge in [-0.3, -0.25) is 0 Å². The van der Waals surface area contributed by atoms with E-state index in [0.29, 0.717) is 6.54 Å². The van der Waals surface area contributed by atoms with E-state index in [1.54, 1.807) is 0 Å². The highest BCUT2D eigenvalue weighted by Gasteiger charge is 2.15. The van der Waals surface area contributed by atoms with Crippen LogP contribution in [0, 0.1) is 0 Å². The molecule has 21 heavy (non-hydrogen) atoms. The lowest BCUT2D eigenvalue weighted by molar-refractivity contribution is 0.727. The number of hydrogen-bond acceptors (Lipinski definition) is 2. The van der Waals surface area contributed by atoms with Crippen molar-refractivity contribution in [2.24, 2.45) is 4.99 Å². The lowest BCUT2D eigenvalue weighted by Gasteiger charge is -2.14. The van der Waals surface area contributed by atoms with Crippen LogP contribution in [0.5, 0.6) is 0 Å². The largest absolute Gasteiger partial charge is 0.357 e. The molecule has 6 heteroatoms. The molecule has 2 N–H and O–H groups in total. The summed E-state index contributed by atoms with van der Waals surface area (Å²) in [5, 5.41) is 8.21. The highest BCUT2D eigenvalue weighted by molar-refractivity contribution is 14.0. The second-order valence-electron chi connectivity index (χ2n) is 4.84. The average Bonchev–Trinajstić information content (AvgIpc) is 2.95. The lowest BCUT2D eigenvalue weighted by Crippen LogP contribution is -2.40. The maximum absolute atomic E-state index is 5.99. The number of thioether (sulfide) groups is 1. The minimum atomic E-state index is 0. The fourth-order valence-electron chi connectivity index (χ4n) is 2.16. The number of benzene rings is 1. The Morgan fingerprint density at radius 1 is 1.43 bits per heavy atom. The van der Waals surface area contributed by atoms with Crippen molar-refractivity contribution in [3.05, 3.63) is 34.9 Å². The molecule has 2 rings (SSSR count). The van der Waals surface area contributed by atoms with Crippen LogP contribution in [-0.4, -0.2) is 30.1 Å². The summed E-state index contributed by atoms with van der Waals surface area (Å²) in [6, 6.07) is 7.85. The molecule has 0 amide bonds. The van der Waals surface area contributed by atoms with Crippen LogP contribution in [0.1, 0.15) is 25.3 Å². The van der Waals surface area contributed by atoms with E-state index < -0.39 is 0 Å². The van der Waals surface area contributed by atoms with Gasteiger partial charge in [0.1, 0.15) is 0 Å². The minimum Gasteiger partial charge on any atom is -0.357 e. The van der Waals surface area contributed by atoms with E-state index in [4.69, 9.17) is 11.6 Å². The van der Waals surface area contributed by atoms with Crippen LogP contribution in [0.25, 0.3) is 0 Å². The average molecular weight is 440 g/mol. The molecular formula is C15H23ClIN3S. The zero-order chi connectivity index (χ0) is 14.2.